The zero-order chi connectivity index (χ0) is 53.1. The first kappa shape index (κ1) is 80.9. The van der Waals surface area contributed by atoms with E-state index in [1.807, 2.05) is 0 Å². The van der Waals surface area contributed by atoms with Gasteiger partial charge in [-0.2, -0.15) is 0 Å². The first-order valence-corrected chi connectivity index (χ1v) is 31.4. The summed E-state index contributed by atoms with van der Waals surface area (Å²) in [5.74, 6) is -0.582. The van der Waals surface area contributed by atoms with Crippen molar-refractivity contribution in [2.75, 3.05) is 0 Å². The average molecular weight is 1310 g/mol. The first-order chi connectivity index (χ1) is 30.5. The molecule has 392 valence electrons. The van der Waals surface area contributed by atoms with Crippen LogP contribution < -0.4 is 136 Å². The molecule has 8 unspecified atom stereocenters. The monoisotopic (exact) mass is 1300 g/mol. The molecule has 0 aliphatic heterocycles. The van der Waals surface area contributed by atoms with Crippen molar-refractivity contribution in [2.45, 2.75) is 22.3 Å². The van der Waals surface area contributed by atoms with Gasteiger partial charge in [0.1, 0.15) is 23.0 Å². The predicted molar refractivity (Wildman–Crippen MR) is 244 cm³/mol. The van der Waals surface area contributed by atoms with Crippen LogP contribution in [0.3, 0.4) is 0 Å². The largest absolute Gasteiger partial charge is 1.00 e. The van der Waals surface area contributed by atoms with E-state index in [9.17, 15) is 56.1 Å². The van der Waals surface area contributed by atoms with E-state index in [0.29, 0.717) is 20.1 Å². The van der Waals surface area contributed by atoms with Gasteiger partial charge >= 0.3 is 179 Å². The molecule has 0 bridgehead atoms. The summed E-state index contributed by atoms with van der Waals surface area (Å²) in [4.78, 5) is 105. The Morgan fingerprint density at radius 3 is 0.500 bits per heavy atom. The Labute approximate surface area is 521 Å². The van der Waals surface area contributed by atoms with Crippen molar-refractivity contribution in [1.82, 2.24) is 0 Å². The summed E-state index contributed by atoms with van der Waals surface area (Å²) in [6.45, 7) is 0. The molecule has 16 N–H and O–H groups in total. The van der Waals surface area contributed by atoms with Crippen molar-refractivity contribution in [2.24, 2.45) is 0 Å². The second-order valence-electron chi connectivity index (χ2n) is 12.2. The van der Waals surface area contributed by atoms with E-state index in [4.69, 9.17) is 106 Å². The van der Waals surface area contributed by atoms with Gasteiger partial charge in [0, 0.05) is 20.1 Å². The van der Waals surface area contributed by atoms with Gasteiger partial charge in [0.05, 0.1) is 0 Å². The fourth-order valence-corrected chi connectivity index (χ4v) is 12.8. The number of benzene rings is 4. The van der Waals surface area contributed by atoms with Gasteiger partial charge in [0.2, 0.25) is 0 Å². The normalized spacial score (nSPS) is 16.3. The van der Waals surface area contributed by atoms with Gasteiger partial charge in [0.15, 0.2) is 0 Å². The zero-order valence-electron chi connectivity index (χ0n) is 40.7. The number of halogens is 4. The van der Waals surface area contributed by atoms with E-state index in [-0.39, 0.29) is 147 Å². The molecule has 8 atom stereocenters. The summed E-state index contributed by atoms with van der Waals surface area (Å²) in [7, 11) is -40.1. The molecule has 0 saturated carbocycles. The molecular weight excluding hydrogens is 1270 g/mol. The van der Waals surface area contributed by atoms with Crippen LogP contribution in [-0.2, 0) is 36.5 Å². The standard InChI is InChI=1S/4C7H9ClO7P2.4Na.4H/c4*8-5-1-3-6(4-2-5)15-17(13,14)7(9)16(10,11)12;;;;;;;;/h4*1-4,7,9H,(H,13,14)(H2,10,11,12);;;;;;;;/q;;;;4*+1;4*-1. The molecule has 4 rings (SSSR count). The van der Waals surface area contributed by atoms with Crippen molar-refractivity contribution in [3.05, 3.63) is 117 Å². The summed E-state index contributed by atoms with van der Waals surface area (Å²) >= 11 is 22.2. The molecule has 28 nitrogen and oxygen atoms in total. The third-order valence-electron chi connectivity index (χ3n) is 6.57. The molecule has 0 aliphatic rings. The molecule has 0 amide bonds. The summed E-state index contributed by atoms with van der Waals surface area (Å²) in [5.41, 5.74) is -11.1. The Hall–Kier alpha value is 2.44. The van der Waals surface area contributed by atoms with Crippen molar-refractivity contribution < 1.29 is 258 Å². The Kier molecular flexibility index (Phi) is 38.2. The van der Waals surface area contributed by atoms with E-state index >= 15 is 0 Å². The number of rotatable bonds is 16. The molecule has 0 heterocycles. The quantitative estimate of drug-likeness (QED) is 0.0367. The minimum absolute atomic E-state index is 0. The van der Waals surface area contributed by atoms with Crippen molar-refractivity contribution in [3.63, 3.8) is 0 Å². The summed E-state index contributed by atoms with van der Waals surface area (Å²) in [5, 5.41) is 37.4. The number of aliphatic hydroxyl groups excluding tert-OH is 4. The summed E-state index contributed by atoms with van der Waals surface area (Å²) in [6, 6.07) is 20.5. The zero-order valence-corrected chi connectivity index (χ0v) is 54.9. The number of aliphatic hydroxyl groups is 4. The molecule has 0 radical (unpaired) electrons. The minimum atomic E-state index is -5.13. The van der Waals surface area contributed by atoms with E-state index in [1.54, 1.807) is 0 Å². The molecule has 0 fully saturated rings. The van der Waals surface area contributed by atoms with Crippen LogP contribution in [0, 0.1) is 0 Å². The first-order valence-electron chi connectivity index (χ1n) is 16.5. The maximum Gasteiger partial charge on any atom is 1.00 e. The van der Waals surface area contributed by atoms with Crippen LogP contribution in [-0.4, -0.2) is 101 Å². The predicted octanol–water partition coefficient (Wildman–Crippen LogP) is -6.10. The van der Waals surface area contributed by atoms with Gasteiger partial charge < -0.3 is 103 Å². The smallest absolute Gasteiger partial charge is 1.00 e. The van der Waals surface area contributed by atoms with Crippen LogP contribution in [0.5, 0.6) is 23.0 Å². The molecule has 44 heteroatoms. The fourth-order valence-electron chi connectivity index (χ4n) is 3.53. The molecule has 72 heavy (non-hydrogen) atoms. The molecule has 4 aromatic carbocycles. The average Bonchev–Trinajstić information content (AvgIpc) is 3.19. The minimum Gasteiger partial charge on any atom is -1.00 e. The maximum absolute atomic E-state index is 11.4. The third kappa shape index (κ3) is 30.3. The molecule has 0 aliphatic carbocycles. The molecular formula is C28H40Cl4Na4O28P8. The molecule has 4 aromatic rings. The Morgan fingerprint density at radius 2 is 0.403 bits per heavy atom. The Bertz CT molecular complexity index is 2340. The van der Waals surface area contributed by atoms with Crippen LogP contribution in [0.15, 0.2) is 97.1 Å². The number of hydrogen-bond donors (Lipinski definition) is 16. The van der Waals surface area contributed by atoms with Crippen LogP contribution in [0.2, 0.25) is 20.1 Å². The topological polar surface area (TPSA) is 497 Å². The summed E-state index contributed by atoms with van der Waals surface area (Å²) in [6.07, 6.45) is 0. The van der Waals surface area contributed by atoms with E-state index in [0.717, 1.165) is 0 Å². The van der Waals surface area contributed by atoms with Crippen molar-refractivity contribution in [3.8, 4) is 23.0 Å². The second kappa shape index (κ2) is 34.0. The van der Waals surface area contributed by atoms with Gasteiger partial charge in [-0.05, 0) is 97.1 Å². The van der Waals surface area contributed by atoms with Crippen LogP contribution in [0.4, 0.5) is 0 Å². The maximum atomic E-state index is 11.4. The molecule has 0 spiro atoms. The van der Waals surface area contributed by atoms with E-state index < -0.39 is 83.1 Å². The Balaban J connectivity index is -0.000000131. The SMILES string of the molecule is O=P(O)(O)C(O)P(=O)(O)Oc1ccc(Cl)cc1.O=P(O)(O)C(O)P(=O)(O)Oc1ccc(Cl)cc1.O=P(O)(O)C(O)P(=O)(O)Oc1ccc(Cl)cc1.O=P(O)(O)C(O)P(=O)(O)Oc1ccc(Cl)cc1.[H-].[H-].[H-].[H-].[Na+].[Na+].[Na+].[Na+]. The van der Waals surface area contributed by atoms with Gasteiger partial charge in [0.25, 0.3) is 22.3 Å². The van der Waals surface area contributed by atoms with Crippen LogP contribution in [0.1, 0.15) is 5.71 Å². The fraction of sp³-hybridized carbons (Fsp3) is 0.143. The van der Waals surface area contributed by atoms with Crippen molar-refractivity contribution >= 4 is 107 Å². The third-order valence-corrected chi connectivity index (χ3v) is 21.3. The van der Waals surface area contributed by atoms with Gasteiger partial charge in [-0.25, -0.2) is 18.3 Å². The summed E-state index contributed by atoms with van der Waals surface area (Å²) < 4.78 is 106. The second-order valence-corrected chi connectivity index (χ2v) is 29.4. The number of hydrogen-bond acceptors (Lipinski definition) is 16. The van der Waals surface area contributed by atoms with Crippen molar-refractivity contribution in [1.29, 1.82) is 0 Å². The Morgan fingerprint density at radius 1 is 0.292 bits per heavy atom. The van der Waals surface area contributed by atoms with Gasteiger partial charge in [-0.1, -0.05) is 46.4 Å². The van der Waals surface area contributed by atoms with Crippen LogP contribution >= 0.6 is 107 Å². The molecule has 0 saturated heterocycles. The molecule has 0 aromatic heterocycles. The van der Waals surface area contributed by atoms with E-state index in [2.05, 4.69) is 18.1 Å². The van der Waals surface area contributed by atoms with E-state index in [1.165, 1.54) is 97.1 Å². The van der Waals surface area contributed by atoms with Crippen LogP contribution in [0.25, 0.3) is 0 Å². The van der Waals surface area contributed by atoms with Gasteiger partial charge in [-0.15, -0.1) is 0 Å². The van der Waals surface area contributed by atoms with Gasteiger partial charge in [-0.3, -0.25) is 18.3 Å².